The lowest BCUT2D eigenvalue weighted by Gasteiger charge is -2.37. The average molecular weight is 349 g/mol. The number of hydrazone groups is 1. The normalized spacial score (nSPS) is 34.2. The van der Waals surface area contributed by atoms with Crippen molar-refractivity contribution >= 4 is 34.0 Å². The van der Waals surface area contributed by atoms with Gasteiger partial charge >= 0.3 is 0 Å². The van der Waals surface area contributed by atoms with Crippen molar-refractivity contribution in [2.24, 2.45) is 28.8 Å². The molecule has 1 aromatic rings. The highest BCUT2D eigenvalue weighted by atomic mass is 79.9. The van der Waals surface area contributed by atoms with Gasteiger partial charge in [-0.2, -0.15) is 10.1 Å². The van der Waals surface area contributed by atoms with Gasteiger partial charge in [0.25, 0.3) is 11.8 Å². The third-order valence-corrected chi connectivity index (χ3v) is 5.06. The van der Waals surface area contributed by atoms with Crippen molar-refractivity contribution in [3.8, 4) is 0 Å². The van der Waals surface area contributed by atoms with E-state index in [0.717, 1.165) is 17.9 Å². The van der Waals surface area contributed by atoms with Gasteiger partial charge in [0.1, 0.15) is 5.76 Å². The van der Waals surface area contributed by atoms with Gasteiger partial charge in [-0.3, -0.25) is 9.59 Å². The molecule has 1 saturated carbocycles. The number of fused-ring (bicyclic) bond motifs is 1. The Morgan fingerprint density at radius 2 is 1.76 bits per heavy atom. The van der Waals surface area contributed by atoms with E-state index in [9.17, 15) is 9.59 Å². The topological polar surface area (TPSA) is 62.9 Å². The number of carbonyl (C=O) groups excluding carboxylic acids is 2. The summed E-state index contributed by atoms with van der Waals surface area (Å²) in [6.07, 6.45) is 7.58. The Bertz CT molecular complexity index is 646. The molecule has 6 heteroatoms. The Balaban J connectivity index is 1.62. The van der Waals surface area contributed by atoms with Crippen LogP contribution in [-0.2, 0) is 9.59 Å². The van der Waals surface area contributed by atoms with E-state index in [1.165, 1.54) is 6.21 Å². The minimum Gasteiger partial charge on any atom is -0.448 e. The molecule has 0 aromatic carbocycles. The van der Waals surface area contributed by atoms with E-state index in [-0.39, 0.29) is 35.5 Å². The molecular weight excluding hydrogens is 336 g/mol. The molecule has 0 unspecified atom stereocenters. The Morgan fingerprint density at radius 3 is 2.24 bits per heavy atom. The largest absolute Gasteiger partial charge is 0.448 e. The first kappa shape index (κ1) is 13.0. The van der Waals surface area contributed by atoms with E-state index < -0.39 is 0 Å². The van der Waals surface area contributed by atoms with Gasteiger partial charge in [0.15, 0.2) is 4.67 Å². The number of nitrogens with zero attached hydrogens (tertiary/aromatic N) is 2. The highest BCUT2D eigenvalue weighted by Crippen LogP contribution is 2.49. The summed E-state index contributed by atoms with van der Waals surface area (Å²) in [5.41, 5.74) is 0. The predicted molar refractivity (Wildman–Crippen MR) is 78.2 cm³/mol. The van der Waals surface area contributed by atoms with Crippen LogP contribution < -0.4 is 0 Å². The van der Waals surface area contributed by atoms with Crippen LogP contribution >= 0.6 is 15.9 Å². The quantitative estimate of drug-likeness (QED) is 0.468. The van der Waals surface area contributed by atoms with Crippen molar-refractivity contribution in [3.63, 3.8) is 0 Å². The molecule has 4 atom stereocenters. The van der Waals surface area contributed by atoms with Crippen molar-refractivity contribution in [1.29, 1.82) is 0 Å². The summed E-state index contributed by atoms with van der Waals surface area (Å²) in [5, 5.41) is 5.09. The molecule has 0 N–H and O–H groups in total. The lowest BCUT2D eigenvalue weighted by Crippen LogP contribution is -2.38. The van der Waals surface area contributed by atoms with Crippen LogP contribution in [0.5, 0.6) is 0 Å². The van der Waals surface area contributed by atoms with Gasteiger partial charge < -0.3 is 4.42 Å². The van der Waals surface area contributed by atoms with Crippen LogP contribution in [0.2, 0.25) is 0 Å². The van der Waals surface area contributed by atoms with Crippen molar-refractivity contribution < 1.29 is 14.0 Å². The van der Waals surface area contributed by atoms with Crippen LogP contribution in [-0.4, -0.2) is 23.0 Å². The summed E-state index contributed by atoms with van der Waals surface area (Å²) in [6, 6.07) is 3.45. The number of allylic oxidation sites excluding steroid dienone is 2. The molecule has 21 heavy (non-hydrogen) atoms. The second-order valence-electron chi connectivity index (χ2n) is 5.72. The van der Waals surface area contributed by atoms with E-state index in [4.69, 9.17) is 4.42 Å². The molecule has 0 radical (unpaired) electrons. The predicted octanol–water partition coefficient (Wildman–Crippen LogP) is 2.57. The van der Waals surface area contributed by atoms with Crippen LogP contribution in [0.25, 0.3) is 0 Å². The lowest BCUT2D eigenvalue weighted by atomic mass is 9.63. The molecule has 4 aliphatic rings. The molecule has 3 aliphatic carbocycles. The van der Waals surface area contributed by atoms with Gasteiger partial charge in [0.2, 0.25) is 0 Å². The Hall–Kier alpha value is -1.69. The van der Waals surface area contributed by atoms with Gasteiger partial charge in [0.05, 0.1) is 18.1 Å². The smallest absolute Gasteiger partial charge is 0.254 e. The molecule has 2 heterocycles. The first-order valence-electron chi connectivity index (χ1n) is 7.00. The van der Waals surface area contributed by atoms with Crippen molar-refractivity contribution in [2.45, 2.75) is 12.8 Å². The Morgan fingerprint density at radius 1 is 1.14 bits per heavy atom. The summed E-state index contributed by atoms with van der Waals surface area (Å²) in [6.45, 7) is 0. The maximum atomic E-state index is 12.5. The number of rotatable bonds is 2. The molecule has 5 nitrogen and oxygen atoms in total. The van der Waals surface area contributed by atoms with Crippen molar-refractivity contribution in [1.82, 2.24) is 5.01 Å². The molecule has 5 rings (SSSR count). The third kappa shape index (κ3) is 1.92. The molecule has 2 amide bonds. The highest BCUT2D eigenvalue weighted by molar-refractivity contribution is 9.10. The average Bonchev–Trinajstić information content (AvgIpc) is 3.03. The number of imide groups is 1. The highest BCUT2D eigenvalue weighted by Gasteiger charge is 2.56. The van der Waals surface area contributed by atoms with Gasteiger partial charge in [-0.15, -0.1) is 0 Å². The molecule has 2 fully saturated rings. The molecular formula is C15H13BrN2O3. The van der Waals surface area contributed by atoms with Gasteiger partial charge in [-0.05, 0) is 52.7 Å². The molecule has 108 valence electrons. The van der Waals surface area contributed by atoms with E-state index >= 15 is 0 Å². The number of halogens is 1. The van der Waals surface area contributed by atoms with E-state index in [1.807, 2.05) is 0 Å². The standard InChI is InChI=1S/C15H13BrN2O3/c16-11-6-5-10(21-11)7-17-18-14(19)12-8-1-2-9(4-3-8)13(12)15(18)20/h1-2,5-9,12-13H,3-4H2/t8-,9-,12-,13-/m0/s1. The minimum absolute atomic E-state index is 0.175. The fraction of sp³-hybridized carbons (Fsp3) is 0.400. The van der Waals surface area contributed by atoms with E-state index in [0.29, 0.717) is 10.4 Å². The summed E-state index contributed by atoms with van der Waals surface area (Å²) in [4.78, 5) is 25.0. The monoisotopic (exact) mass is 348 g/mol. The zero-order valence-electron chi connectivity index (χ0n) is 11.1. The zero-order chi connectivity index (χ0) is 14.6. The maximum absolute atomic E-state index is 12.5. The number of hydrogen-bond donors (Lipinski definition) is 0. The number of carbonyl (C=O) groups is 2. The second kappa shape index (κ2) is 4.66. The Labute approximate surface area is 129 Å². The summed E-state index contributed by atoms with van der Waals surface area (Å²) in [5.74, 6) is 0.0857. The maximum Gasteiger partial charge on any atom is 0.254 e. The first-order chi connectivity index (χ1) is 10.1. The van der Waals surface area contributed by atoms with Gasteiger partial charge in [0, 0.05) is 0 Å². The van der Waals surface area contributed by atoms with Gasteiger partial charge in [-0.25, -0.2) is 0 Å². The number of hydrogen-bond acceptors (Lipinski definition) is 4. The van der Waals surface area contributed by atoms with E-state index in [2.05, 4.69) is 33.2 Å². The summed E-state index contributed by atoms with van der Waals surface area (Å²) in [7, 11) is 0. The third-order valence-electron chi connectivity index (χ3n) is 4.63. The fourth-order valence-electron chi connectivity index (χ4n) is 3.68. The fourth-order valence-corrected chi connectivity index (χ4v) is 4.00. The van der Waals surface area contributed by atoms with E-state index in [1.54, 1.807) is 12.1 Å². The van der Waals surface area contributed by atoms with Crippen LogP contribution in [0, 0.1) is 23.7 Å². The van der Waals surface area contributed by atoms with Gasteiger partial charge in [-0.1, -0.05) is 12.2 Å². The molecule has 2 bridgehead atoms. The SMILES string of the molecule is O=C1[C@@H]2[C@@H](C(=O)N1N=Cc1ccc(Br)o1)[C@H]1C=C[C@H]2CC1. The minimum atomic E-state index is -0.221. The number of amides is 2. The summed E-state index contributed by atoms with van der Waals surface area (Å²) < 4.78 is 5.88. The second-order valence-corrected chi connectivity index (χ2v) is 6.50. The summed E-state index contributed by atoms with van der Waals surface area (Å²) >= 11 is 3.20. The molecule has 1 aromatic heterocycles. The van der Waals surface area contributed by atoms with Crippen LogP contribution in [0.1, 0.15) is 18.6 Å². The lowest BCUT2D eigenvalue weighted by molar-refractivity contribution is -0.140. The molecule has 0 spiro atoms. The van der Waals surface area contributed by atoms with Crippen LogP contribution in [0.4, 0.5) is 0 Å². The number of furan rings is 1. The molecule has 1 saturated heterocycles. The van der Waals surface area contributed by atoms with Crippen LogP contribution in [0.15, 0.2) is 38.5 Å². The van der Waals surface area contributed by atoms with Crippen molar-refractivity contribution in [2.75, 3.05) is 0 Å². The Kier molecular flexibility index (Phi) is 2.89. The van der Waals surface area contributed by atoms with Crippen molar-refractivity contribution in [3.05, 3.63) is 34.7 Å². The van der Waals surface area contributed by atoms with Crippen LogP contribution in [0.3, 0.4) is 0 Å². The molecule has 1 aliphatic heterocycles. The zero-order valence-corrected chi connectivity index (χ0v) is 12.7. The first-order valence-corrected chi connectivity index (χ1v) is 7.80.